The highest BCUT2D eigenvalue weighted by atomic mass is 16.5. The molecular weight excluding hydrogens is 444 g/mol. The van der Waals surface area contributed by atoms with E-state index in [2.05, 4.69) is 25.8 Å². The molecule has 5 rings (SSSR count). The Morgan fingerprint density at radius 1 is 1.14 bits per heavy atom. The van der Waals surface area contributed by atoms with Crippen molar-refractivity contribution in [1.82, 2.24) is 25.4 Å². The number of rotatable bonds is 6. The lowest BCUT2D eigenvalue weighted by Crippen LogP contribution is -2.39. The number of amides is 3. The second-order valence-corrected chi connectivity index (χ2v) is 8.43. The number of anilines is 1. The number of benzene rings is 2. The number of H-pyrrole nitrogens is 1. The standard InChI is InChI=1S/C26H26N6O3/c1-35-21-7-2-4-17(12-21)8-10-27-25(33)18-5-3-6-20(13-18)30-26(34)32-11-9-22-19(16-32)14-28-24-23(22)15-29-31-24/h2-7,12-15H,8-11,16H2,1H3,(H,27,33)(H,30,34)(H,28,29,31). The summed E-state index contributed by atoms with van der Waals surface area (Å²) in [5, 5.41) is 13.8. The Balaban J connectivity index is 1.18. The molecule has 0 atom stereocenters. The minimum atomic E-state index is -0.210. The molecule has 9 nitrogen and oxygen atoms in total. The van der Waals surface area contributed by atoms with Crippen LogP contribution in [-0.4, -0.2) is 52.2 Å². The van der Waals surface area contributed by atoms with Crippen molar-refractivity contribution in [2.45, 2.75) is 19.4 Å². The molecule has 0 spiro atoms. The first kappa shape index (κ1) is 22.4. The number of hydrogen-bond acceptors (Lipinski definition) is 5. The molecule has 0 bridgehead atoms. The highest BCUT2D eigenvalue weighted by Crippen LogP contribution is 2.25. The van der Waals surface area contributed by atoms with E-state index in [0.717, 1.165) is 34.3 Å². The number of methoxy groups -OCH3 is 1. The number of ether oxygens (including phenoxy) is 1. The minimum Gasteiger partial charge on any atom is -0.497 e. The highest BCUT2D eigenvalue weighted by molar-refractivity contribution is 5.97. The van der Waals surface area contributed by atoms with E-state index < -0.39 is 0 Å². The SMILES string of the molecule is COc1cccc(CCNC(=O)c2cccc(NC(=O)N3CCc4c(cnc5[nH]ncc45)C3)c2)c1. The van der Waals surface area contributed by atoms with E-state index in [1.807, 2.05) is 24.3 Å². The van der Waals surface area contributed by atoms with Gasteiger partial charge in [-0.1, -0.05) is 18.2 Å². The van der Waals surface area contributed by atoms with Gasteiger partial charge >= 0.3 is 6.03 Å². The van der Waals surface area contributed by atoms with Gasteiger partial charge in [0.05, 0.1) is 13.3 Å². The molecule has 3 N–H and O–H groups in total. The van der Waals surface area contributed by atoms with Gasteiger partial charge in [0, 0.05) is 42.5 Å². The Kier molecular flexibility index (Phi) is 6.30. The Labute approximate surface area is 202 Å². The Morgan fingerprint density at radius 2 is 2.03 bits per heavy atom. The molecule has 1 aliphatic rings. The summed E-state index contributed by atoms with van der Waals surface area (Å²) < 4.78 is 5.24. The minimum absolute atomic E-state index is 0.189. The Hall–Kier alpha value is -4.40. The fourth-order valence-corrected chi connectivity index (χ4v) is 4.32. The highest BCUT2D eigenvalue weighted by Gasteiger charge is 2.23. The van der Waals surface area contributed by atoms with Gasteiger partial charge < -0.3 is 20.3 Å². The molecule has 0 radical (unpaired) electrons. The molecular formula is C26H26N6O3. The van der Waals surface area contributed by atoms with Gasteiger partial charge in [-0.3, -0.25) is 9.89 Å². The van der Waals surface area contributed by atoms with Crippen molar-refractivity contribution in [2.24, 2.45) is 0 Å². The monoisotopic (exact) mass is 470 g/mol. The molecule has 4 aromatic rings. The van der Waals surface area contributed by atoms with Crippen molar-refractivity contribution in [3.05, 3.63) is 83.2 Å². The molecule has 2 aromatic heterocycles. The summed E-state index contributed by atoms with van der Waals surface area (Å²) in [6, 6.07) is 14.5. The molecule has 0 saturated carbocycles. The van der Waals surface area contributed by atoms with E-state index in [-0.39, 0.29) is 11.9 Å². The van der Waals surface area contributed by atoms with Crippen LogP contribution in [0.2, 0.25) is 0 Å². The summed E-state index contributed by atoms with van der Waals surface area (Å²) in [5.74, 6) is 0.603. The number of carbonyl (C=O) groups excluding carboxylic acids is 2. The van der Waals surface area contributed by atoms with Crippen molar-refractivity contribution in [3.63, 3.8) is 0 Å². The maximum atomic E-state index is 12.9. The molecule has 35 heavy (non-hydrogen) atoms. The molecule has 3 heterocycles. The van der Waals surface area contributed by atoms with Crippen LogP contribution in [-0.2, 0) is 19.4 Å². The van der Waals surface area contributed by atoms with Crippen molar-refractivity contribution in [3.8, 4) is 5.75 Å². The second-order valence-electron chi connectivity index (χ2n) is 8.43. The summed E-state index contributed by atoms with van der Waals surface area (Å²) in [6.45, 7) is 1.56. The van der Waals surface area contributed by atoms with Gasteiger partial charge in [0.15, 0.2) is 5.65 Å². The quantitative estimate of drug-likeness (QED) is 0.399. The summed E-state index contributed by atoms with van der Waals surface area (Å²) >= 11 is 0. The third-order valence-electron chi connectivity index (χ3n) is 6.17. The zero-order chi connectivity index (χ0) is 24.2. The molecule has 2 aromatic carbocycles. The fraction of sp³-hybridized carbons (Fsp3) is 0.231. The summed E-state index contributed by atoms with van der Waals surface area (Å²) in [5.41, 5.74) is 5.11. The third-order valence-corrected chi connectivity index (χ3v) is 6.17. The van der Waals surface area contributed by atoms with Gasteiger partial charge in [-0.25, -0.2) is 9.78 Å². The van der Waals surface area contributed by atoms with Crippen LogP contribution >= 0.6 is 0 Å². The average Bonchev–Trinajstić information content (AvgIpc) is 3.38. The first-order valence-corrected chi connectivity index (χ1v) is 11.5. The Morgan fingerprint density at radius 3 is 2.91 bits per heavy atom. The summed E-state index contributed by atoms with van der Waals surface area (Å²) in [6.07, 6.45) is 5.00. The van der Waals surface area contributed by atoms with Crippen molar-refractivity contribution in [1.29, 1.82) is 0 Å². The number of nitrogens with one attached hydrogen (secondary N) is 3. The number of hydrogen-bond donors (Lipinski definition) is 3. The third kappa shape index (κ3) is 4.93. The zero-order valence-electron chi connectivity index (χ0n) is 19.4. The smallest absolute Gasteiger partial charge is 0.322 e. The van der Waals surface area contributed by atoms with E-state index in [9.17, 15) is 9.59 Å². The van der Waals surface area contributed by atoms with Crippen molar-refractivity contribution >= 4 is 28.7 Å². The summed E-state index contributed by atoms with van der Waals surface area (Å²) in [7, 11) is 1.63. The molecule has 0 unspecified atom stereocenters. The molecule has 3 amide bonds. The number of aromatic amines is 1. The van der Waals surface area contributed by atoms with E-state index in [0.29, 0.717) is 37.3 Å². The number of urea groups is 1. The van der Waals surface area contributed by atoms with Crippen LogP contribution in [0, 0.1) is 0 Å². The van der Waals surface area contributed by atoms with Gasteiger partial charge in [-0.05, 0) is 59.9 Å². The number of aromatic nitrogens is 3. The van der Waals surface area contributed by atoms with Crippen molar-refractivity contribution < 1.29 is 14.3 Å². The van der Waals surface area contributed by atoms with Crippen molar-refractivity contribution in [2.75, 3.05) is 25.5 Å². The van der Waals surface area contributed by atoms with E-state index in [1.165, 1.54) is 5.56 Å². The van der Waals surface area contributed by atoms with E-state index >= 15 is 0 Å². The topological polar surface area (TPSA) is 112 Å². The molecule has 0 saturated heterocycles. The predicted octanol–water partition coefficient (Wildman–Crippen LogP) is 3.53. The number of fused-ring (bicyclic) bond motifs is 3. The summed E-state index contributed by atoms with van der Waals surface area (Å²) in [4.78, 5) is 31.7. The van der Waals surface area contributed by atoms with Crippen LogP contribution in [0.25, 0.3) is 11.0 Å². The van der Waals surface area contributed by atoms with Crippen LogP contribution < -0.4 is 15.4 Å². The number of carbonyl (C=O) groups is 2. The van der Waals surface area contributed by atoms with Gasteiger partial charge in [0.1, 0.15) is 5.75 Å². The van der Waals surface area contributed by atoms with Gasteiger partial charge in [0.2, 0.25) is 0 Å². The number of nitrogens with zero attached hydrogens (tertiary/aromatic N) is 3. The maximum Gasteiger partial charge on any atom is 0.322 e. The molecule has 0 aliphatic carbocycles. The lowest BCUT2D eigenvalue weighted by atomic mass is 9.99. The van der Waals surface area contributed by atoms with Gasteiger partial charge in [-0.15, -0.1) is 0 Å². The van der Waals surface area contributed by atoms with Crippen LogP contribution in [0.4, 0.5) is 10.5 Å². The van der Waals surface area contributed by atoms with E-state index in [1.54, 1.807) is 48.7 Å². The normalized spacial score (nSPS) is 12.8. The van der Waals surface area contributed by atoms with Crippen LogP contribution in [0.5, 0.6) is 5.75 Å². The average molecular weight is 471 g/mol. The van der Waals surface area contributed by atoms with Crippen LogP contribution in [0.3, 0.4) is 0 Å². The molecule has 1 aliphatic heterocycles. The van der Waals surface area contributed by atoms with Gasteiger partial charge in [0.25, 0.3) is 5.91 Å². The maximum absolute atomic E-state index is 12.9. The lowest BCUT2D eigenvalue weighted by molar-refractivity contribution is 0.0954. The first-order valence-electron chi connectivity index (χ1n) is 11.5. The van der Waals surface area contributed by atoms with E-state index in [4.69, 9.17) is 4.74 Å². The van der Waals surface area contributed by atoms with Gasteiger partial charge in [-0.2, -0.15) is 5.10 Å². The van der Waals surface area contributed by atoms with Crippen LogP contribution in [0.15, 0.2) is 60.9 Å². The predicted molar refractivity (Wildman–Crippen MR) is 132 cm³/mol. The molecule has 178 valence electrons. The zero-order valence-corrected chi connectivity index (χ0v) is 19.4. The number of pyridine rings is 1. The van der Waals surface area contributed by atoms with Crippen LogP contribution in [0.1, 0.15) is 27.0 Å². The first-order chi connectivity index (χ1) is 17.1. The molecule has 9 heteroatoms. The lowest BCUT2D eigenvalue weighted by Gasteiger charge is -2.29. The largest absolute Gasteiger partial charge is 0.497 e. The Bertz CT molecular complexity index is 1380. The second kappa shape index (κ2) is 9.84. The molecule has 0 fully saturated rings. The fourth-order valence-electron chi connectivity index (χ4n) is 4.32.